The SMILES string of the molecule is O=C(Nc1ccccc1)Nc1cccc2c1CCN(c1ncc(C(F)(F)F)s1)C2. The highest BCUT2D eigenvalue weighted by molar-refractivity contribution is 7.15. The van der Waals surface area contributed by atoms with Crippen LogP contribution in [0.4, 0.5) is 34.5 Å². The lowest BCUT2D eigenvalue weighted by atomic mass is 9.98. The van der Waals surface area contributed by atoms with Gasteiger partial charge in [-0.15, -0.1) is 0 Å². The third-order valence-corrected chi connectivity index (χ3v) is 5.69. The Morgan fingerprint density at radius 3 is 2.59 bits per heavy atom. The monoisotopic (exact) mass is 418 g/mol. The second-order valence-corrected chi connectivity index (χ2v) is 7.57. The number of benzene rings is 2. The number of carbonyl (C=O) groups is 1. The van der Waals surface area contributed by atoms with Crippen LogP contribution in [-0.2, 0) is 19.1 Å². The van der Waals surface area contributed by atoms with Gasteiger partial charge in [-0.05, 0) is 35.7 Å². The van der Waals surface area contributed by atoms with Crippen LogP contribution >= 0.6 is 11.3 Å². The zero-order valence-electron chi connectivity index (χ0n) is 15.2. The molecule has 2 aromatic carbocycles. The number of hydrogen-bond acceptors (Lipinski definition) is 4. The molecule has 1 aromatic heterocycles. The van der Waals surface area contributed by atoms with Gasteiger partial charge in [0.2, 0.25) is 0 Å². The summed E-state index contributed by atoms with van der Waals surface area (Å²) in [6, 6.07) is 14.3. The molecule has 0 bridgehead atoms. The molecule has 3 aromatic rings. The van der Waals surface area contributed by atoms with Crippen LogP contribution in [0.3, 0.4) is 0 Å². The highest BCUT2D eigenvalue weighted by atomic mass is 32.1. The molecule has 0 unspecified atom stereocenters. The first kappa shape index (κ1) is 19.3. The summed E-state index contributed by atoms with van der Waals surface area (Å²) >= 11 is 0.647. The number of amides is 2. The summed E-state index contributed by atoms with van der Waals surface area (Å²) in [6.07, 6.45) is -2.91. The van der Waals surface area contributed by atoms with Gasteiger partial charge < -0.3 is 15.5 Å². The minimum absolute atomic E-state index is 0.346. The van der Waals surface area contributed by atoms with Crippen molar-refractivity contribution >= 4 is 33.9 Å². The van der Waals surface area contributed by atoms with Gasteiger partial charge in [0, 0.05) is 24.5 Å². The Morgan fingerprint density at radius 1 is 1.07 bits per heavy atom. The molecular formula is C20H17F3N4OS. The van der Waals surface area contributed by atoms with Gasteiger partial charge >= 0.3 is 12.2 Å². The highest BCUT2D eigenvalue weighted by Gasteiger charge is 2.34. The average molecular weight is 418 g/mol. The Balaban J connectivity index is 1.48. The zero-order chi connectivity index (χ0) is 20.4. The molecule has 0 aliphatic carbocycles. The smallest absolute Gasteiger partial charge is 0.343 e. The maximum Gasteiger partial charge on any atom is 0.427 e. The van der Waals surface area contributed by atoms with Gasteiger partial charge in [-0.1, -0.05) is 41.7 Å². The van der Waals surface area contributed by atoms with E-state index in [0.29, 0.717) is 47.4 Å². The maximum absolute atomic E-state index is 12.8. The van der Waals surface area contributed by atoms with Crippen LogP contribution in [0.2, 0.25) is 0 Å². The Kier molecular flexibility index (Phi) is 5.14. The predicted molar refractivity (Wildman–Crippen MR) is 107 cm³/mol. The number of para-hydroxylation sites is 1. The fraction of sp³-hybridized carbons (Fsp3) is 0.200. The molecular weight excluding hydrogens is 401 g/mol. The average Bonchev–Trinajstić information content (AvgIpc) is 3.19. The van der Waals surface area contributed by atoms with Gasteiger partial charge in [-0.2, -0.15) is 13.2 Å². The molecule has 5 nitrogen and oxygen atoms in total. The zero-order valence-corrected chi connectivity index (χ0v) is 16.0. The van der Waals surface area contributed by atoms with E-state index in [9.17, 15) is 18.0 Å². The van der Waals surface area contributed by atoms with Gasteiger partial charge in [0.25, 0.3) is 0 Å². The third-order valence-electron chi connectivity index (χ3n) is 4.59. The molecule has 0 fully saturated rings. The number of nitrogens with one attached hydrogen (secondary N) is 2. The Labute approximate surface area is 169 Å². The molecule has 0 radical (unpaired) electrons. The number of hydrogen-bond donors (Lipinski definition) is 2. The van der Waals surface area contributed by atoms with Crippen molar-refractivity contribution in [1.82, 2.24) is 4.98 Å². The van der Waals surface area contributed by atoms with E-state index in [1.54, 1.807) is 12.1 Å². The van der Waals surface area contributed by atoms with Gasteiger partial charge in [0.15, 0.2) is 5.13 Å². The van der Waals surface area contributed by atoms with Crippen LogP contribution in [0.5, 0.6) is 0 Å². The molecule has 1 aliphatic rings. The second-order valence-electron chi connectivity index (χ2n) is 6.56. The van der Waals surface area contributed by atoms with Gasteiger partial charge in [-0.3, -0.25) is 0 Å². The lowest BCUT2D eigenvalue weighted by Gasteiger charge is -2.29. The largest absolute Gasteiger partial charge is 0.427 e. The molecule has 0 saturated carbocycles. The summed E-state index contributed by atoms with van der Waals surface area (Å²) in [6.45, 7) is 0.965. The summed E-state index contributed by atoms with van der Waals surface area (Å²) in [5, 5.41) is 5.99. The first-order valence-electron chi connectivity index (χ1n) is 8.92. The number of aromatic nitrogens is 1. The van der Waals surface area contributed by atoms with E-state index in [1.165, 1.54) is 0 Å². The molecule has 150 valence electrons. The fourth-order valence-corrected chi connectivity index (χ4v) is 4.05. The molecule has 2 amide bonds. The number of anilines is 3. The molecule has 1 aliphatic heterocycles. The predicted octanol–water partition coefficient (Wildman–Crippen LogP) is 5.37. The van der Waals surface area contributed by atoms with Gasteiger partial charge in [0.05, 0.1) is 6.20 Å². The second kappa shape index (κ2) is 7.75. The van der Waals surface area contributed by atoms with Crippen LogP contribution < -0.4 is 15.5 Å². The summed E-state index contributed by atoms with van der Waals surface area (Å²) in [4.78, 5) is 17.4. The summed E-state index contributed by atoms with van der Waals surface area (Å²) in [7, 11) is 0. The standard InChI is InChI=1S/C20H17F3N4OS/c21-20(22,23)17-11-24-19(29-17)27-10-9-15-13(12-27)5-4-8-16(15)26-18(28)25-14-6-2-1-3-7-14/h1-8,11H,9-10,12H2,(H2,25,26,28). The van der Waals surface area contributed by atoms with Crippen LogP contribution in [0.1, 0.15) is 16.0 Å². The lowest BCUT2D eigenvalue weighted by molar-refractivity contribution is -0.134. The number of fused-ring (bicyclic) bond motifs is 1. The first-order valence-corrected chi connectivity index (χ1v) is 9.73. The van der Waals surface area contributed by atoms with E-state index in [1.807, 2.05) is 41.3 Å². The third kappa shape index (κ3) is 4.34. The van der Waals surface area contributed by atoms with E-state index in [4.69, 9.17) is 0 Å². The van der Waals surface area contributed by atoms with Crippen molar-refractivity contribution in [3.63, 3.8) is 0 Å². The first-order chi connectivity index (χ1) is 13.9. The van der Waals surface area contributed by atoms with E-state index in [-0.39, 0.29) is 6.03 Å². The number of urea groups is 1. The number of thiazole rings is 1. The Morgan fingerprint density at radius 2 is 1.86 bits per heavy atom. The van der Waals surface area contributed by atoms with Gasteiger partial charge in [-0.25, -0.2) is 9.78 Å². The molecule has 2 heterocycles. The quantitative estimate of drug-likeness (QED) is 0.601. The molecule has 0 saturated heterocycles. The minimum Gasteiger partial charge on any atom is -0.343 e. The summed E-state index contributed by atoms with van der Waals surface area (Å²) in [5.74, 6) is 0. The molecule has 29 heavy (non-hydrogen) atoms. The lowest BCUT2D eigenvalue weighted by Crippen LogP contribution is -2.31. The Bertz CT molecular complexity index is 1020. The topological polar surface area (TPSA) is 57.3 Å². The number of alkyl halides is 3. The van der Waals surface area contributed by atoms with E-state index >= 15 is 0 Å². The van der Waals surface area contributed by atoms with Crippen LogP contribution in [0.15, 0.2) is 54.7 Å². The molecule has 9 heteroatoms. The van der Waals surface area contributed by atoms with Crippen LogP contribution in [0, 0.1) is 0 Å². The van der Waals surface area contributed by atoms with E-state index in [0.717, 1.165) is 17.3 Å². The normalized spacial score (nSPS) is 13.7. The van der Waals surface area contributed by atoms with Crippen molar-refractivity contribution in [2.24, 2.45) is 0 Å². The fourth-order valence-electron chi connectivity index (χ4n) is 3.24. The van der Waals surface area contributed by atoms with E-state index < -0.39 is 11.1 Å². The van der Waals surface area contributed by atoms with Crippen molar-refractivity contribution in [1.29, 1.82) is 0 Å². The van der Waals surface area contributed by atoms with Crippen molar-refractivity contribution in [3.8, 4) is 0 Å². The van der Waals surface area contributed by atoms with Crippen LogP contribution in [-0.4, -0.2) is 17.6 Å². The Hall–Kier alpha value is -3.07. The highest BCUT2D eigenvalue weighted by Crippen LogP contribution is 2.38. The number of nitrogens with zero attached hydrogens (tertiary/aromatic N) is 2. The molecule has 4 rings (SSSR count). The number of rotatable bonds is 3. The van der Waals surface area contributed by atoms with Crippen LogP contribution in [0.25, 0.3) is 0 Å². The molecule has 2 N–H and O–H groups in total. The summed E-state index contributed by atoms with van der Waals surface area (Å²) < 4.78 is 38.5. The summed E-state index contributed by atoms with van der Waals surface area (Å²) in [5.41, 5.74) is 3.33. The van der Waals surface area contributed by atoms with Gasteiger partial charge in [0.1, 0.15) is 4.88 Å². The molecule has 0 atom stereocenters. The molecule has 0 spiro atoms. The number of carbonyl (C=O) groups excluding carboxylic acids is 1. The maximum atomic E-state index is 12.8. The number of halogens is 3. The van der Waals surface area contributed by atoms with Crippen molar-refractivity contribution in [3.05, 3.63) is 70.7 Å². The van der Waals surface area contributed by atoms with Crippen molar-refractivity contribution in [2.75, 3.05) is 22.1 Å². The van der Waals surface area contributed by atoms with E-state index in [2.05, 4.69) is 15.6 Å². The van der Waals surface area contributed by atoms with Crippen molar-refractivity contribution in [2.45, 2.75) is 19.1 Å². The minimum atomic E-state index is -4.38. The van der Waals surface area contributed by atoms with Crippen molar-refractivity contribution < 1.29 is 18.0 Å².